The van der Waals surface area contributed by atoms with E-state index in [0.29, 0.717) is 6.42 Å². The molecule has 3 heteroatoms. The summed E-state index contributed by atoms with van der Waals surface area (Å²) in [7, 11) is 0. The van der Waals surface area contributed by atoms with Crippen molar-refractivity contribution in [2.75, 3.05) is 0 Å². The Bertz CT molecular complexity index is 687. The summed E-state index contributed by atoms with van der Waals surface area (Å²) in [6, 6.07) is 13.7. The zero-order valence-corrected chi connectivity index (χ0v) is 10.7. The molecule has 2 heterocycles. The van der Waals surface area contributed by atoms with Crippen molar-refractivity contribution < 1.29 is 9.52 Å². The van der Waals surface area contributed by atoms with E-state index in [4.69, 9.17) is 4.42 Å². The van der Waals surface area contributed by atoms with E-state index in [1.807, 2.05) is 36.4 Å². The largest absolute Gasteiger partial charge is 0.472 e. The highest BCUT2D eigenvalue weighted by Crippen LogP contribution is 2.25. The zero-order chi connectivity index (χ0) is 13.3. The average molecular weight is 253 g/mol. The monoisotopic (exact) mass is 253 g/mol. The van der Waals surface area contributed by atoms with Gasteiger partial charge in [-0.2, -0.15) is 0 Å². The highest BCUT2D eigenvalue weighted by molar-refractivity contribution is 5.78. The van der Waals surface area contributed by atoms with Gasteiger partial charge in [-0.25, -0.2) is 0 Å². The van der Waals surface area contributed by atoms with Crippen molar-refractivity contribution in [1.82, 2.24) is 4.98 Å². The number of aromatic nitrogens is 1. The van der Waals surface area contributed by atoms with Gasteiger partial charge < -0.3 is 9.52 Å². The minimum absolute atomic E-state index is 0.456. The van der Waals surface area contributed by atoms with Crippen LogP contribution < -0.4 is 0 Å². The maximum atomic E-state index is 10.5. The molecule has 0 saturated heterocycles. The second kappa shape index (κ2) is 4.52. The smallest absolute Gasteiger partial charge is 0.0963 e. The minimum Gasteiger partial charge on any atom is -0.472 e. The van der Waals surface area contributed by atoms with Crippen LogP contribution in [0.1, 0.15) is 18.2 Å². The van der Waals surface area contributed by atoms with E-state index in [9.17, 15) is 5.11 Å². The number of hydrogen-bond donors (Lipinski definition) is 1. The first-order chi connectivity index (χ1) is 9.15. The van der Waals surface area contributed by atoms with Gasteiger partial charge in [0, 0.05) is 23.1 Å². The fourth-order valence-corrected chi connectivity index (χ4v) is 2.23. The van der Waals surface area contributed by atoms with E-state index >= 15 is 0 Å². The first kappa shape index (κ1) is 11.9. The van der Waals surface area contributed by atoms with Crippen LogP contribution in [0, 0.1) is 0 Å². The molecule has 0 aliphatic rings. The number of rotatable bonds is 3. The van der Waals surface area contributed by atoms with E-state index in [2.05, 4.69) is 4.98 Å². The van der Waals surface area contributed by atoms with E-state index in [-0.39, 0.29) is 0 Å². The summed E-state index contributed by atoms with van der Waals surface area (Å²) in [6.45, 7) is 1.77. The normalized spacial score (nSPS) is 14.4. The minimum atomic E-state index is -0.970. The number of furan rings is 1. The highest BCUT2D eigenvalue weighted by atomic mass is 16.3. The Morgan fingerprint density at radius 2 is 2.00 bits per heavy atom. The molecule has 3 nitrogen and oxygen atoms in total. The van der Waals surface area contributed by atoms with Crippen molar-refractivity contribution >= 4 is 10.9 Å². The van der Waals surface area contributed by atoms with Gasteiger partial charge in [0.2, 0.25) is 0 Å². The van der Waals surface area contributed by atoms with E-state index in [1.165, 1.54) is 0 Å². The summed E-state index contributed by atoms with van der Waals surface area (Å²) in [5.74, 6) is 0. The summed E-state index contributed by atoms with van der Waals surface area (Å²) in [4.78, 5) is 4.58. The summed E-state index contributed by atoms with van der Waals surface area (Å²) >= 11 is 0. The number of nitrogens with zero attached hydrogens (tertiary/aromatic N) is 1. The Hall–Kier alpha value is -2.13. The van der Waals surface area contributed by atoms with Gasteiger partial charge in [0.25, 0.3) is 0 Å². The molecule has 1 unspecified atom stereocenters. The molecule has 0 saturated carbocycles. The molecule has 0 spiro atoms. The molecule has 19 heavy (non-hydrogen) atoms. The topological polar surface area (TPSA) is 46.3 Å². The lowest BCUT2D eigenvalue weighted by Crippen LogP contribution is -2.24. The second-order valence-corrected chi connectivity index (χ2v) is 4.96. The number of aliphatic hydroxyl groups is 1. The van der Waals surface area contributed by atoms with Gasteiger partial charge in [0.15, 0.2) is 0 Å². The summed E-state index contributed by atoms with van der Waals surface area (Å²) in [6.07, 6.45) is 3.59. The fraction of sp³-hybridized carbons (Fsp3) is 0.188. The van der Waals surface area contributed by atoms with Gasteiger partial charge in [-0.3, -0.25) is 4.98 Å². The van der Waals surface area contributed by atoms with E-state index < -0.39 is 5.60 Å². The fourth-order valence-electron chi connectivity index (χ4n) is 2.23. The lowest BCUT2D eigenvalue weighted by atomic mass is 9.93. The van der Waals surface area contributed by atoms with Crippen LogP contribution in [-0.2, 0) is 12.0 Å². The molecule has 0 radical (unpaired) electrons. The lowest BCUT2D eigenvalue weighted by molar-refractivity contribution is 0.0560. The Balaban J connectivity index is 1.93. The Kier molecular flexibility index (Phi) is 2.84. The number of benzene rings is 1. The van der Waals surface area contributed by atoms with Gasteiger partial charge in [0.1, 0.15) is 0 Å². The molecule has 0 fully saturated rings. The zero-order valence-electron chi connectivity index (χ0n) is 10.7. The Morgan fingerprint density at radius 1 is 1.16 bits per heavy atom. The van der Waals surface area contributed by atoms with Crippen LogP contribution in [0.4, 0.5) is 0 Å². The van der Waals surface area contributed by atoms with Crippen molar-refractivity contribution in [3.05, 3.63) is 66.2 Å². The first-order valence-corrected chi connectivity index (χ1v) is 6.25. The molecular formula is C16H15NO2. The molecule has 0 bridgehead atoms. The van der Waals surface area contributed by atoms with Gasteiger partial charge >= 0.3 is 0 Å². The van der Waals surface area contributed by atoms with Crippen LogP contribution in [-0.4, -0.2) is 10.1 Å². The van der Waals surface area contributed by atoms with Crippen molar-refractivity contribution in [2.45, 2.75) is 18.9 Å². The van der Waals surface area contributed by atoms with Crippen LogP contribution in [0.15, 0.2) is 59.4 Å². The standard InChI is InChI=1S/C16H15NO2/c1-16(18,13-8-9-19-11-13)10-14-7-6-12-4-2-3-5-15(12)17-14/h2-9,11,18H,10H2,1H3. The maximum Gasteiger partial charge on any atom is 0.0963 e. The third-order valence-electron chi connectivity index (χ3n) is 3.32. The summed E-state index contributed by atoms with van der Waals surface area (Å²) in [5, 5.41) is 11.6. The molecule has 0 amide bonds. The third-order valence-corrected chi connectivity index (χ3v) is 3.32. The van der Waals surface area contributed by atoms with Crippen LogP contribution in [0.5, 0.6) is 0 Å². The first-order valence-electron chi connectivity index (χ1n) is 6.25. The third kappa shape index (κ3) is 2.37. The Labute approximate surface area is 111 Å². The van der Waals surface area contributed by atoms with Gasteiger partial charge in [-0.15, -0.1) is 0 Å². The molecule has 1 atom stereocenters. The summed E-state index contributed by atoms with van der Waals surface area (Å²) < 4.78 is 5.03. The van der Waals surface area contributed by atoms with Crippen LogP contribution >= 0.6 is 0 Å². The number of hydrogen-bond acceptors (Lipinski definition) is 3. The number of pyridine rings is 1. The van der Waals surface area contributed by atoms with Crippen molar-refractivity contribution in [2.24, 2.45) is 0 Å². The van der Waals surface area contributed by atoms with Crippen molar-refractivity contribution in [1.29, 1.82) is 0 Å². The lowest BCUT2D eigenvalue weighted by Gasteiger charge is -2.21. The predicted molar refractivity (Wildman–Crippen MR) is 73.7 cm³/mol. The maximum absolute atomic E-state index is 10.5. The average Bonchev–Trinajstić information content (AvgIpc) is 2.93. The summed E-state index contributed by atoms with van der Waals surface area (Å²) in [5.41, 5.74) is 1.61. The number of fused-ring (bicyclic) bond motifs is 1. The quantitative estimate of drug-likeness (QED) is 0.779. The molecule has 0 aliphatic heterocycles. The molecular weight excluding hydrogens is 238 g/mol. The van der Waals surface area contributed by atoms with E-state index in [1.54, 1.807) is 25.5 Å². The predicted octanol–water partition coefficient (Wildman–Crippen LogP) is 3.28. The highest BCUT2D eigenvalue weighted by Gasteiger charge is 2.25. The van der Waals surface area contributed by atoms with Crippen molar-refractivity contribution in [3.63, 3.8) is 0 Å². The van der Waals surface area contributed by atoms with Crippen LogP contribution in [0.2, 0.25) is 0 Å². The van der Waals surface area contributed by atoms with E-state index in [0.717, 1.165) is 22.2 Å². The second-order valence-electron chi connectivity index (χ2n) is 4.96. The molecule has 2 aromatic heterocycles. The Morgan fingerprint density at radius 3 is 2.79 bits per heavy atom. The van der Waals surface area contributed by atoms with Crippen LogP contribution in [0.3, 0.4) is 0 Å². The molecule has 3 aromatic rings. The van der Waals surface area contributed by atoms with Crippen molar-refractivity contribution in [3.8, 4) is 0 Å². The van der Waals surface area contributed by atoms with Gasteiger partial charge in [0.05, 0.1) is 23.6 Å². The molecule has 1 aromatic carbocycles. The molecule has 1 N–H and O–H groups in total. The SMILES string of the molecule is CC(O)(Cc1ccc2ccccc2n1)c1ccoc1. The van der Waals surface area contributed by atoms with Gasteiger partial charge in [-0.1, -0.05) is 24.3 Å². The molecule has 0 aliphatic carbocycles. The molecule has 3 rings (SSSR count). The number of para-hydroxylation sites is 1. The van der Waals surface area contributed by atoms with Crippen LogP contribution in [0.25, 0.3) is 10.9 Å². The van der Waals surface area contributed by atoms with Gasteiger partial charge in [-0.05, 0) is 25.1 Å². The molecule has 96 valence electrons.